The molecule has 1 saturated heterocycles. The summed E-state index contributed by atoms with van der Waals surface area (Å²) in [7, 11) is 0. The van der Waals surface area contributed by atoms with E-state index >= 15 is 0 Å². The lowest BCUT2D eigenvalue weighted by atomic mass is 10.1. The maximum Gasteiger partial charge on any atom is 0.227 e. The zero-order chi connectivity index (χ0) is 12.3. The number of benzene rings is 1. The van der Waals surface area contributed by atoms with E-state index in [1.807, 2.05) is 29.2 Å². The Hall–Kier alpha value is -0.870. The van der Waals surface area contributed by atoms with Crippen molar-refractivity contribution in [3.05, 3.63) is 34.3 Å². The van der Waals surface area contributed by atoms with Gasteiger partial charge in [-0.2, -0.15) is 0 Å². The van der Waals surface area contributed by atoms with Gasteiger partial charge in [0.1, 0.15) is 0 Å². The van der Waals surface area contributed by atoms with E-state index in [1.165, 1.54) is 0 Å². The highest BCUT2D eigenvalue weighted by molar-refractivity contribution is 9.10. The van der Waals surface area contributed by atoms with Crippen molar-refractivity contribution < 1.29 is 4.79 Å². The van der Waals surface area contributed by atoms with E-state index < -0.39 is 0 Å². The largest absolute Gasteiger partial charge is 0.337 e. The predicted octanol–water partition coefficient (Wildman–Crippen LogP) is 1.81. The number of carbonyl (C=O) groups excluding carboxylic acids is 1. The van der Waals surface area contributed by atoms with Gasteiger partial charge in [0.2, 0.25) is 5.91 Å². The molecule has 1 unspecified atom stereocenters. The van der Waals surface area contributed by atoms with Gasteiger partial charge >= 0.3 is 0 Å². The van der Waals surface area contributed by atoms with Gasteiger partial charge in [-0.3, -0.25) is 4.79 Å². The summed E-state index contributed by atoms with van der Waals surface area (Å²) >= 11 is 3.43. The van der Waals surface area contributed by atoms with Crippen LogP contribution in [0.2, 0.25) is 0 Å². The highest BCUT2D eigenvalue weighted by Crippen LogP contribution is 2.14. The average Bonchev–Trinajstić information content (AvgIpc) is 2.29. The number of hydrogen-bond acceptors (Lipinski definition) is 2. The Balaban J connectivity index is 2.01. The van der Waals surface area contributed by atoms with Crippen LogP contribution in [0.5, 0.6) is 0 Å². The summed E-state index contributed by atoms with van der Waals surface area (Å²) in [4.78, 5) is 14.1. The molecular weight excluding hydrogens is 280 g/mol. The zero-order valence-electron chi connectivity index (χ0n) is 9.95. The molecule has 1 aromatic carbocycles. The number of amides is 1. The second-order valence-electron chi connectivity index (χ2n) is 4.45. The van der Waals surface area contributed by atoms with Crippen LogP contribution in [0.15, 0.2) is 28.7 Å². The third kappa shape index (κ3) is 3.30. The average molecular weight is 297 g/mol. The first kappa shape index (κ1) is 12.6. The maximum absolute atomic E-state index is 12.2. The van der Waals surface area contributed by atoms with Crippen LogP contribution in [0.4, 0.5) is 0 Å². The molecule has 1 N–H and O–H groups in total. The van der Waals surface area contributed by atoms with Crippen LogP contribution >= 0.6 is 15.9 Å². The Labute approximate surface area is 110 Å². The molecule has 17 heavy (non-hydrogen) atoms. The molecule has 0 bridgehead atoms. The fourth-order valence-electron chi connectivity index (χ4n) is 2.13. The van der Waals surface area contributed by atoms with Crippen LogP contribution in [0, 0.1) is 0 Å². The maximum atomic E-state index is 12.2. The first-order chi connectivity index (χ1) is 8.16. The van der Waals surface area contributed by atoms with Crippen LogP contribution < -0.4 is 5.32 Å². The van der Waals surface area contributed by atoms with Gasteiger partial charge in [0.25, 0.3) is 0 Å². The van der Waals surface area contributed by atoms with Gasteiger partial charge < -0.3 is 10.2 Å². The second kappa shape index (κ2) is 5.65. The molecular formula is C13H17BrN2O. The smallest absolute Gasteiger partial charge is 0.227 e. The number of carbonyl (C=O) groups is 1. The van der Waals surface area contributed by atoms with Gasteiger partial charge in [-0.1, -0.05) is 28.1 Å². The molecule has 92 valence electrons. The summed E-state index contributed by atoms with van der Waals surface area (Å²) < 4.78 is 1.02. The van der Waals surface area contributed by atoms with Crippen LogP contribution in [-0.2, 0) is 11.2 Å². The van der Waals surface area contributed by atoms with Crippen molar-refractivity contribution in [2.24, 2.45) is 0 Å². The molecule has 1 heterocycles. The molecule has 1 fully saturated rings. The lowest BCUT2D eigenvalue weighted by molar-refractivity contribution is -0.133. The molecule has 1 aliphatic heterocycles. The van der Waals surface area contributed by atoms with Gasteiger partial charge in [-0.25, -0.2) is 0 Å². The molecule has 0 radical (unpaired) electrons. The Morgan fingerprint density at radius 3 is 3.12 bits per heavy atom. The van der Waals surface area contributed by atoms with E-state index in [1.54, 1.807) is 0 Å². The minimum atomic E-state index is 0.220. The zero-order valence-corrected chi connectivity index (χ0v) is 11.5. The van der Waals surface area contributed by atoms with Crippen molar-refractivity contribution in [3.63, 3.8) is 0 Å². The van der Waals surface area contributed by atoms with E-state index in [2.05, 4.69) is 28.2 Å². The minimum Gasteiger partial charge on any atom is -0.337 e. The highest BCUT2D eigenvalue weighted by atomic mass is 79.9. The Kier molecular flexibility index (Phi) is 4.18. The SMILES string of the molecule is CC1CNCCN1C(=O)Cc1cccc(Br)c1. The van der Waals surface area contributed by atoms with Crippen LogP contribution in [-0.4, -0.2) is 36.5 Å². The van der Waals surface area contributed by atoms with Crippen molar-refractivity contribution >= 4 is 21.8 Å². The van der Waals surface area contributed by atoms with Crippen molar-refractivity contribution in [2.45, 2.75) is 19.4 Å². The third-order valence-corrected chi connectivity index (χ3v) is 3.56. The monoisotopic (exact) mass is 296 g/mol. The topological polar surface area (TPSA) is 32.3 Å². The molecule has 1 amide bonds. The summed E-state index contributed by atoms with van der Waals surface area (Å²) in [6, 6.07) is 8.23. The number of hydrogen-bond donors (Lipinski definition) is 1. The lowest BCUT2D eigenvalue weighted by Crippen LogP contribution is -2.52. The first-order valence-corrected chi connectivity index (χ1v) is 6.71. The van der Waals surface area contributed by atoms with E-state index in [0.717, 1.165) is 29.7 Å². The van der Waals surface area contributed by atoms with Crippen LogP contribution in [0.25, 0.3) is 0 Å². The molecule has 0 saturated carbocycles. The Bertz CT molecular complexity index is 408. The minimum absolute atomic E-state index is 0.220. The van der Waals surface area contributed by atoms with Crippen LogP contribution in [0.1, 0.15) is 12.5 Å². The van der Waals surface area contributed by atoms with E-state index in [4.69, 9.17) is 0 Å². The molecule has 1 aliphatic rings. The predicted molar refractivity (Wildman–Crippen MR) is 71.9 cm³/mol. The molecule has 3 nitrogen and oxygen atoms in total. The normalized spacial score (nSPS) is 20.4. The van der Waals surface area contributed by atoms with Gasteiger partial charge in [0.05, 0.1) is 6.42 Å². The molecule has 1 aromatic rings. The molecule has 2 rings (SSSR count). The number of halogens is 1. The van der Waals surface area contributed by atoms with Crippen molar-refractivity contribution in [1.82, 2.24) is 10.2 Å². The number of nitrogens with one attached hydrogen (secondary N) is 1. The fraction of sp³-hybridized carbons (Fsp3) is 0.462. The van der Waals surface area contributed by atoms with Gasteiger partial charge in [0.15, 0.2) is 0 Å². The molecule has 0 aromatic heterocycles. The van der Waals surface area contributed by atoms with Gasteiger partial charge in [-0.05, 0) is 24.6 Å². The Morgan fingerprint density at radius 2 is 2.41 bits per heavy atom. The highest BCUT2D eigenvalue weighted by Gasteiger charge is 2.22. The lowest BCUT2D eigenvalue weighted by Gasteiger charge is -2.34. The van der Waals surface area contributed by atoms with Crippen LogP contribution in [0.3, 0.4) is 0 Å². The summed E-state index contributed by atoms with van der Waals surface area (Å²) in [6.07, 6.45) is 0.490. The van der Waals surface area contributed by atoms with E-state index in [9.17, 15) is 4.79 Å². The standard InChI is InChI=1S/C13H17BrN2O/c1-10-9-15-5-6-16(10)13(17)8-11-3-2-4-12(14)7-11/h2-4,7,10,15H,5-6,8-9H2,1H3. The summed E-state index contributed by atoms with van der Waals surface area (Å²) in [5.74, 6) is 0.220. The summed E-state index contributed by atoms with van der Waals surface area (Å²) in [6.45, 7) is 4.69. The van der Waals surface area contributed by atoms with Gasteiger partial charge in [-0.15, -0.1) is 0 Å². The molecule has 0 spiro atoms. The van der Waals surface area contributed by atoms with E-state index in [0.29, 0.717) is 12.5 Å². The number of nitrogens with zero attached hydrogens (tertiary/aromatic N) is 1. The number of rotatable bonds is 2. The third-order valence-electron chi connectivity index (χ3n) is 3.07. The number of piperazine rings is 1. The van der Waals surface area contributed by atoms with Crippen molar-refractivity contribution in [1.29, 1.82) is 0 Å². The Morgan fingerprint density at radius 1 is 1.59 bits per heavy atom. The molecule has 1 atom stereocenters. The first-order valence-electron chi connectivity index (χ1n) is 5.91. The fourth-order valence-corrected chi connectivity index (χ4v) is 2.58. The van der Waals surface area contributed by atoms with Crippen molar-refractivity contribution in [2.75, 3.05) is 19.6 Å². The summed E-state index contributed by atoms with van der Waals surface area (Å²) in [5.41, 5.74) is 1.06. The molecule has 4 heteroatoms. The second-order valence-corrected chi connectivity index (χ2v) is 5.36. The quantitative estimate of drug-likeness (QED) is 0.903. The van der Waals surface area contributed by atoms with Gasteiger partial charge in [0, 0.05) is 30.1 Å². The van der Waals surface area contributed by atoms with Crippen molar-refractivity contribution in [3.8, 4) is 0 Å². The summed E-state index contributed by atoms with van der Waals surface area (Å²) in [5, 5.41) is 3.29. The van der Waals surface area contributed by atoms with E-state index in [-0.39, 0.29) is 5.91 Å². The molecule has 0 aliphatic carbocycles.